The van der Waals surface area contributed by atoms with Crippen LogP contribution in [0.3, 0.4) is 0 Å². The van der Waals surface area contributed by atoms with E-state index in [9.17, 15) is 4.79 Å². The third-order valence-corrected chi connectivity index (χ3v) is 4.75. The van der Waals surface area contributed by atoms with Crippen molar-refractivity contribution in [3.63, 3.8) is 0 Å². The lowest BCUT2D eigenvalue weighted by Gasteiger charge is -2.26. The van der Waals surface area contributed by atoms with Crippen LogP contribution in [0.25, 0.3) is 10.9 Å². The SMILES string of the molecule is CC(C)(C)C1CCN(CC(=O)c2c[nH]c3ccccc23)C1. The lowest BCUT2D eigenvalue weighted by molar-refractivity contribution is 0.0939. The summed E-state index contributed by atoms with van der Waals surface area (Å²) in [4.78, 5) is 18.1. The van der Waals surface area contributed by atoms with Crippen molar-refractivity contribution in [2.45, 2.75) is 27.2 Å². The van der Waals surface area contributed by atoms with E-state index in [1.165, 1.54) is 6.42 Å². The fourth-order valence-corrected chi connectivity index (χ4v) is 3.27. The normalized spacial score (nSPS) is 20.2. The number of nitrogens with one attached hydrogen (secondary N) is 1. The van der Waals surface area contributed by atoms with Crippen LogP contribution in [0.5, 0.6) is 0 Å². The van der Waals surface area contributed by atoms with E-state index in [0.717, 1.165) is 29.6 Å². The average molecular weight is 284 g/mol. The van der Waals surface area contributed by atoms with Crippen LogP contribution >= 0.6 is 0 Å². The van der Waals surface area contributed by atoms with E-state index >= 15 is 0 Å². The molecule has 2 heterocycles. The third kappa shape index (κ3) is 2.88. The number of ketones is 1. The number of Topliss-reactive ketones (excluding diaryl/α,β-unsaturated/α-hetero) is 1. The number of carbonyl (C=O) groups is 1. The van der Waals surface area contributed by atoms with Crippen LogP contribution in [0.2, 0.25) is 0 Å². The first kappa shape index (κ1) is 14.3. The fourth-order valence-electron chi connectivity index (χ4n) is 3.27. The molecule has 1 aliphatic heterocycles. The lowest BCUT2D eigenvalue weighted by atomic mass is 9.80. The first-order chi connectivity index (χ1) is 9.95. The number of para-hydroxylation sites is 1. The molecule has 1 fully saturated rings. The Morgan fingerprint density at radius 3 is 2.81 bits per heavy atom. The number of rotatable bonds is 3. The summed E-state index contributed by atoms with van der Waals surface area (Å²) in [5.74, 6) is 0.912. The molecule has 1 atom stereocenters. The summed E-state index contributed by atoms with van der Waals surface area (Å²) in [7, 11) is 0. The highest BCUT2D eigenvalue weighted by Gasteiger charge is 2.32. The molecule has 0 radical (unpaired) electrons. The molecule has 1 unspecified atom stereocenters. The van der Waals surface area contributed by atoms with Crippen molar-refractivity contribution in [2.75, 3.05) is 19.6 Å². The van der Waals surface area contributed by atoms with Gasteiger partial charge in [0.1, 0.15) is 0 Å². The van der Waals surface area contributed by atoms with Crippen molar-refractivity contribution >= 4 is 16.7 Å². The largest absolute Gasteiger partial charge is 0.360 e. The van der Waals surface area contributed by atoms with Crippen LogP contribution < -0.4 is 0 Å². The molecule has 0 bridgehead atoms. The maximum atomic E-state index is 12.6. The number of carbonyl (C=O) groups excluding carboxylic acids is 1. The van der Waals surface area contributed by atoms with Gasteiger partial charge in [-0.05, 0) is 30.4 Å². The highest BCUT2D eigenvalue weighted by Crippen LogP contribution is 2.33. The molecule has 0 aliphatic carbocycles. The molecule has 0 saturated carbocycles. The second kappa shape index (κ2) is 5.30. The molecular formula is C18H24N2O. The van der Waals surface area contributed by atoms with Crippen LogP contribution in [0, 0.1) is 11.3 Å². The average Bonchev–Trinajstić information content (AvgIpc) is 3.03. The third-order valence-electron chi connectivity index (χ3n) is 4.75. The highest BCUT2D eigenvalue weighted by molar-refractivity contribution is 6.08. The van der Waals surface area contributed by atoms with Gasteiger partial charge >= 0.3 is 0 Å². The van der Waals surface area contributed by atoms with E-state index in [1.807, 2.05) is 30.5 Å². The molecule has 1 aromatic heterocycles. The zero-order valence-electron chi connectivity index (χ0n) is 13.1. The van der Waals surface area contributed by atoms with E-state index in [1.54, 1.807) is 0 Å². The van der Waals surface area contributed by atoms with Gasteiger partial charge in [0.25, 0.3) is 0 Å². The van der Waals surface area contributed by atoms with Gasteiger partial charge in [-0.15, -0.1) is 0 Å². The maximum Gasteiger partial charge on any atom is 0.178 e. The molecule has 112 valence electrons. The Bertz CT molecular complexity index is 651. The first-order valence-electron chi connectivity index (χ1n) is 7.77. The Morgan fingerprint density at radius 2 is 2.10 bits per heavy atom. The monoisotopic (exact) mass is 284 g/mol. The lowest BCUT2D eigenvalue weighted by Crippen LogP contribution is -2.30. The van der Waals surface area contributed by atoms with E-state index in [0.29, 0.717) is 17.9 Å². The molecule has 2 aromatic rings. The van der Waals surface area contributed by atoms with Gasteiger partial charge in [0, 0.05) is 29.2 Å². The summed E-state index contributed by atoms with van der Waals surface area (Å²) in [5.41, 5.74) is 2.19. The second-order valence-corrected chi connectivity index (χ2v) is 7.26. The van der Waals surface area contributed by atoms with Crippen LogP contribution in [0.1, 0.15) is 37.6 Å². The van der Waals surface area contributed by atoms with Crippen molar-refractivity contribution < 1.29 is 4.79 Å². The number of aromatic amines is 1. The molecular weight excluding hydrogens is 260 g/mol. The Labute approximate surface area is 126 Å². The molecule has 0 spiro atoms. The van der Waals surface area contributed by atoms with Gasteiger partial charge in [0.2, 0.25) is 0 Å². The van der Waals surface area contributed by atoms with Gasteiger partial charge < -0.3 is 4.98 Å². The summed E-state index contributed by atoms with van der Waals surface area (Å²) in [5, 5.41) is 1.04. The molecule has 1 aliphatic rings. The molecule has 1 N–H and O–H groups in total. The number of benzene rings is 1. The Balaban J connectivity index is 1.70. The maximum absolute atomic E-state index is 12.6. The summed E-state index contributed by atoms with van der Waals surface area (Å²) in [6, 6.07) is 8.00. The number of hydrogen-bond donors (Lipinski definition) is 1. The summed E-state index contributed by atoms with van der Waals surface area (Å²) >= 11 is 0. The van der Waals surface area contributed by atoms with Crippen LogP contribution in [0.15, 0.2) is 30.5 Å². The standard InChI is InChI=1S/C18H24N2O/c1-18(2,3)13-8-9-20(11-13)12-17(21)15-10-19-16-7-5-4-6-14(15)16/h4-7,10,13,19H,8-9,11-12H2,1-3H3. The number of aromatic nitrogens is 1. The quantitative estimate of drug-likeness (QED) is 0.872. The number of likely N-dealkylation sites (tertiary alicyclic amines) is 1. The highest BCUT2D eigenvalue weighted by atomic mass is 16.1. The predicted octanol–water partition coefficient (Wildman–Crippen LogP) is 3.72. The zero-order chi connectivity index (χ0) is 15.0. The Hall–Kier alpha value is -1.61. The summed E-state index contributed by atoms with van der Waals surface area (Å²) in [6.45, 7) is 9.50. The van der Waals surface area contributed by atoms with Gasteiger partial charge in [-0.25, -0.2) is 0 Å². The molecule has 21 heavy (non-hydrogen) atoms. The van der Waals surface area contributed by atoms with Crippen LogP contribution in [-0.4, -0.2) is 35.3 Å². The van der Waals surface area contributed by atoms with Crippen molar-refractivity contribution in [3.8, 4) is 0 Å². The summed E-state index contributed by atoms with van der Waals surface area (Å²) < 4.78 is 0. The first-order valence-corrected chi connectivity index (χ1v) is 7.77. The Morgan fingerprint density at radius 1 is 1.33 bits per heavy atom. The minimum atomic E-state index is 0.224. The number of fused-ring (bicyclic) bond motifs is 1. The Kier molecular flexibility index (Phi) is 3.62. The fraction of sp³-hybridized carbons (Fsp3) is 0.500. The molecule has 1 aromatic carbocycles. The summed E-state index contributed by atoms with van der Waals surface area (Å²) in [6.07, 6.45) is 3.05. The predicted molar refractivity (Wildman–Crippen MR) is 86.6 cm³/mol. The van der Waals surface area contributed by atoms with Crippen molar-refractivity contribution in [1.29, 1.82) is 0 Å². The number of H-pyrrole nitrogens is 1. The van der Waals surface area contributed by atoms with Gasteiger partial charge in [-0.1, -0.05) is 39.0 Å². The van der Waals surface area contributed by atoms with E-state index in [-0.39, 0.29) is 5.78 Å². The molecule has 3 heteroatoms. The molecule has 1 saturated heterocycles. The van der Waals surface area contributed by atoms with E-state index < -0.39 is 0 Å². The van der Waals surface area contributed by atoms with Crippen molar-refractivity contribution in [2.24, 2.45) is 11.3 Å². The van der Waals surface area contributed by atoms with Crippen molar-refractivity contribution in [3.05, 3.63) is 36.0 Å². The van der Waals surface area contributed by atoms with Crippen LogP contribution in [-0.2, 0) is 0 Å². The van der Waals surface area contributed by atoms with Crippen molar-refractivity contribution in [1.82, 2.24) is 9.88 Å². The minimum absolute atomic E-state index is 0.224. The topological polar surface area (TPSA) is 36.1 Å². The van der Waals surface area contributed by atoms with Gasteiger partial charge in [-0.3, -0.25) is 9.69 Å². The molecule has 3 rings (SSSR count). The number of hydrogen-bond acceptors (Lipinski definition) is 2. The minimum Gasteiger partial charge on any atom is -0.360 e. The molecule has 0 amide bonds. The second-order valence-electron chi connectivity index (χ2n) is 7.26. The van der Waals surface area contributed by atoms with Gasteiger partial charge in [-0.2, -0.15) is 0 Å². The van der Waals surface area contributed by atoms with Crippen LogP contribution in [0.4, 0.5) is 0 Å². The van der Waals surface area contributed by atoms with Gasteiger partial charge in [0.05, 0.1) is 6.54 Å². The van der Waals surface area contributed by atoms with E-state index in [4.69, 9.17) is 0 Å². The number of nitrogens with zero attached hydrogens (tertiary/aromatic N) is 1. The zero-order valence-corrected chi connectivity index (χ0v) is 13.1. The van der Waals surface area contributed by atoms with E-state index in [2.05, 4.69) is 30.7 Å². The van der Waals surface area contributed by atoms with Gasteiger partial charge in [0.15, 0.2) is 5.78 Å². The smallest absolute Gasteiger partial charge is 0.178 e. The molecule has 3 nitrogen and oxygen atoms in total.